The number of aldehydes is 1. The molecule has 1 heterocycles. The topological polar surface area (TPSA) is 30.0 Å². The van der Waals surface area contributed by atoms with Crippen LogP contribution in [0, 0.1) is 0 Å². The molecule has 48 valence electrons. The van der Waals surface area contributed by atoms with Crippen molar-refractivity contribution in [2.24, 2.45) is 0 Å². The largest absolute Gasteiger partial charge is 0.303 e. The summed E-state index contributed by atoms with van der Waals surface area (Å²) >= 11 is 6.87. The predicted molar refractivity (Wildman–Crippen MR) is 36.9 cm³/mol. The van der Waals surface area contributed by atoms with E-state index in [4.69, 9.17) is 11.6 Å². The summed E-state index contributed by atoms with van der Waals surface area (Å²) in [6.07, 6.45) is 2.73. The number of rotatable bonds is 2. The first-order chi connectivity index (χ1) is 4.33. The van der Waals surface area contributed by atoms with Crippen molar-refractivity contribution in [3.8, 4) is 0 Å². The van der Waals surface area contributed by atoms with E-state index >= 15 is 0 Å². The van der Waals surface area contributed by atoms with Gasteiger partial charge in [-0.15, -0.1) is 11.3 Å². The monoisotopic (exact) mass is 161 g/mol. The maximum atomic E-state index is 9.91. The fourth-order valence-corrected chi connectivity index (χ4v) is 1.36. The second-order valence-corrected chi connectivity index (χ2v) is 3.18. The first-order valence-corrected chi connectivity index (χ1v) is 3.56. The van der Waals surface area contributed by atoms with Crippen LogP contribution in [0.3, 0.4) is 0 Å². The highest BCUT2D eigenvalue weighted by Crippen LogP contribution is 2.17. The van der Waals surface area contributed by atoms with Gasteiger partial charge in [-0.05, 0) is 0 Å². The van der Waals surface area contributed by atoms with E-state index in [2.05, 4.69) is 4.98 Å². The average Bonchev–Trinajstić information content (AvgIpc) is 2.17. The molecular weight excluding hydrogens is 158 g/mol. The highest BCUT2D eigenvalue weighted by Gasteiger charge is 1.96. The molecule has 4 heteroatoms. The van der Waals surface area contributed by atoms with Gasteiger partial charge in [-0.25, -0.2) is 4.98 Å². The average molecular weight is 162 g/mol. The summed E-state index contributed by atoms with van der Waals surface area (Å²) in [4.78, 5) is 13.8. The van der Waals surface area contributed by atoms with Gasteiger partial charge in [0.1, 0.15) is 15.6 Å². The number of nitrogens with zero attached hydrogens (tertiary/aromatic N) is 1. The maximum absolute atomic E-state index is 9.91. The van der Waals surface area contributed by atoms with Crippen molar-refractivity contribution in [1.82, 2.24) is 4.98 Å². The Morgan fingerprint density at radius 3 is 3.11 bits per heavy atom. The van der Waals surface area contributed by atoms with Gasteiger partial charge in [0.15, 0.2) is 0 Å². The molecule has 0 N–H and O–H groups in total. The summed E-state index contributed by atoms with van der Waals surface area (Å²) in [6.45, 7) is 0. The van der Waals surface area contributed by atoms with Crippen LogP contribution in [0.4, 0.5) is 0 Å². The van der Waals surface area contributed by atoms with Gasteiger partial charge >= 0.3 is 0 Å². The number of halogens is 1. The summed E-state index contributed by atoms with van der Waals surface area (Å²) in [5, 5.41) is 0.773. The number of aromatic nitrogens is 1. The number of hydrogen-bond acceptors (Lipinski definition) is 3. The first kappa shape index (κ1) is 6.71. The molecule has 0 saturated carbocycles. The van der Waals surface area contributed by atoms with Crippen molar-refractivity contribution in [3.63, 3.8) is 0 Å². The lowest BCUT2D eigenvalue weighted by molar-refractivity contribution is -0.107. The molecule has 0 fully saturated rings. The minimum absolute atomic E-state index is 0.372. The molecule has 1 aromatic heterocycles. The van der Waals surface area contributed by atoms with Gasteiger partial charge in [0, 0.05) is 0 Å². The lowest BCUT2D eigenvalue weighted by Gasteiger charge is -1.77. The van der Waals surface area contributed by atoms with Crippen LogP contribution in [0.2, 0.25) is 4.34 Å². The molecule has 9 heavy (non-hydrogen) atoms. The van der Waals surface area contributed by atoms with Crippen molar-refractivity contribution < 1.29 is 4.79 Å². The second-order valence-electron chi connectivity index (χ2n) is 1.43. The minimum atomic E-state index is 0.372. The van der Waals surface area contributed by atoms with Crippen molar-refractivity contribution in [1.29, 1.82) is 0 Å². The predicted octanol–water partition coefficient (Wildman–Crippen LogP) is 1.54. The molecule has 1 rings (SSSR count). The van der Waals surface area contributed by atoms with Crippen molar-refractivity contribution in [2.75, 3.05) is 0 Å². The molecule has 0 atom stereocenters. The van der Waals surface area contributed by atoms with Crippen LogP contribution in [0.25, 0.3) is 0 Å². The van der Waals surface area contributed by atoms with E-state index in [1.165, 1.54) is 11.3 Å². The Bertz CT molecular complexity index is 210. The second kappa shape index (κ2) is 2.94. The number of hydrogen-bond donors (Lipinski definition) is 0. The highest BCUT2D eigenvalue weighted by molar-refractivity contribution is 7.15. The highest BCUT2D eigenvalue weighted by atomic mass is 35.5. The molecule has 0 amide bonds. The Labute approximate surface area is 61.5 Å². The van der Waals surface area contributed by atoms with Gasteiger partial charge in [0.25, 0.3) is 0 Å². The van der Waals surface area contributed by atoms with Crippen LogP contribution < -0.4 is 0 Å². The fraction of sp³-hybridized carbons (Fsp3) is 0.200. The lowest BCUT2D eigenvalue weighted by atomic mass is 10.5. The fourth-order valence-electron chi connectivity index (χ4n) is 0.454. The zero-order valence-electron chi connectivity index (χ0n) is 4.50. The van der Waals surface area contributed by atoms with Crippen LogP contribution >= 0.6 is 22.9 Å². The van der Waals surface area contributed by atoms with Crippen molar-refractivity contribution in [3.05, 3.63) is 15.5 Å². The Morgan fingerprint density at radius 2 is 2.67 bits per heavy atom. The number of carbonyl (C=O) groups is 1. The van der Waals surface area contributed by atoms with E-state index in [0.29, 0.717) is 10.8 Å². The van der Waals surface area contributed by atoms with Crippen LogP contribution in [0.5, 0.6) is 0 Å². The van der Waals surface area contributed by atoms with E-state index in [-0.39, 0.29) is 0 Å². The SMILES string of the molecule is O=CCc1ncc(Cl)s1. The Kier molecular flexibility index (Phi) is 2.19. The van der Waals surface area contributed by atoms with Gasteiger partial charge in [-0.2, -0.15) is 0 Å². The van der Waals surface area contributed by atoms with Crippen molar-refractivity contribution in [2.45, 2.75) is 6.42 Å². The van der Waals surface area contributed by atoms with E-state index in [1.807, 2.05) is 0 Å². The third-order valence-corrected chi connectivity index (χ3v) is 1.92. The smallest absolute Gasteiger partial charge is 0.126 e. The summed E-state index contributed by atoms with van der Waals surface area (Å²) in [5.41, 5.74) is 0. The first-order valence-electron chi connectivity index (χ1n) is 2.37. The molecule has 0 bridgehead atoms. The molecule has 0 spiro atoms. The summed E-state index contributed by atoms with van der Waals surface area (Å²) in [6, 6.07) is 0. The van der Waals surface area contributed by atoms with Gasteiger partial charge in [0.2, 0.25) is 0 Å². The quantitative estimate of drug-likeness (QED) is 0.616. The van der Waals surface area contributed by atoms with E-state index < -0.39 is 0 Å². The molecule has 0 radical (unpaired) electrons. The maximum Gasteiger partial charge on any atom is 0.126 e. The van der Waals surface area contributed by atoms with Gasteiger partial charge in [-0.1, -0.05) is 11.6 Å². The third kappa shape index (κ3) is 1.77. The van der Waals surface area contributed by atoms with E-state index in [9.17, 15) is 4.79 Å². The molecule has 1 aromatic rings. The summed E-state index contributed by atoms with van der Waals surface area (Å²) < 4.78 is 0.631. The Balaban J connectivity index is 2.72. The summed E-state index contributed by atoms with van der Waals surface area (Å²) in [5.74, 6) is 0. The van der Waals surface area contributed by atoms with Crippen LogP contribution in [-0.2, 0) is 11.2 Å². The van der Waals surface area contributed by atoms with Crippen molar-refractivity contribution >= 4 is 29.2 Å². The molecule has 0 aliphatic rings. The van der Waals surface area contributed by atoms with E-state index in [1.54, 1.807) is 6.20 Å². The molecule has 2 nitrogen and oxygen atoms in total. The zero-order chi connectivity index (χ0) is 6.69. The molecule has 0 aliphatic carbocycles. The van der Waals surface area contributed by atoms with Gasteiger partial charge < -0.3 is 4.79 Å². The number of carbonyl (C=O) groups excluding carboxylic acids is 1. The Morgan fingerprint density at radius 1 is 1.89 bits per heavy atom. The molecular formula is C5H4ClNOS. The molecule has 0 saturated heterocycles. The Hall–Kier alpha value is -0.410. The standard InChI is InChI=1S/C5H4ClNOS/c6-4-3-7-5(9-4)1-2-8/h2-3H,1H2. The molecule has 0 aliphatic heterocycles. The van der Waals surface area contributed by atoms with Gasteiger partial charge in [0.05, 0.1) is 12.6 Å². The van der Waals surface area contributed by atoms with Crippen LogP contribution in [0.1, 0.15) is 5.01 Å². The van der Waals surface area contributed by atoms with Crippen LogP contribution in [-0.4, -0.2) is 11.3 Å². The normalized spacial score (nSPS) is 9.44. The lowest BCUT2D eigenvalue weighted by Crippen LogP contribution is -1.80. The van der Waals surface area contributed by atoms with E-state index in [0.717, 1.165) is 11.3 Å². The molecule has 0 unspecified atom stereocenters. The minimum Gasteiger partial charge on any atom is -0.303 e. The summed E-state index contributed by atoms with van der Waals surface area (Å²) in [7, 11) is 0. The van der Waals surface area contributed by atoms with Crippen LogP contribution in [0.15, 0.2) is 6.20 Å². The number of thiazole rings is 1. The zero-order valence-corrected chi connectivity index (χ0v) is 6.08. The van der Waals surface area contributed by atoms with Gasteiger partial charge in [-0.3, -0.25) is 0 Å². The molecule has 0 aromatic carbocycles. The third-order valence-electron chi connectivity index (χ3n) is 0.783.